The molecule has 4 rings (SSSR count). The Kier molecular flexibility index (Phi) is 6.46. The zero-order chi connectivity index (χ0) is 22.5. The van der Waals surface area contributed by atoms with Crippen molar-refractivity contribution in [2.75, 3.05) is 20.0 Å². The average Bonchev–Trinajstić information content (AvgIpc) is 3.07. The molecule has 0 saturated carbocycles. The second-order valence-corrected chi connectivity index (χ2v) is 7.84. The number of methoxy groups -OCH3 is 2. The summed E-state index contributed by atoms with van der Waals surface area (Å²) in [5.41, 5.74) is 11.5. The summed E-state index contributed by atoms with van der Waals surface area (Å²) in [4.78, 5) is 4.56. The van der Waals surface area contributed by atoms with Crippen molar-refractivity contribution in [3.63, 3.8) is 0 Å². The van der Waals surface area contributed by atoms with E-state index in [2.05, 4.69) is 11.1 Å². The summed E-state index contributed by atoms with van der Waals surface area (Å²) in [7, 11) is 3.28. The molecule has 0 saturated heterocycles. The third-order valence-corrected chi connectivity index (χ3v) is 5.89. The van der Waals surface area contributed by atoms with E-state index < -0.39 is 0 Å². The molecule has 0 spiro atoms. The summed E-state index contributed by atoms with van der Waals surface area (Å²) in [5.74, 6) is 2.53. The van der Waals surface area contributed by atoms with E-state index >= 15 is 0 Å². The number of nitrogens with two attached hydrogens (primary N) is 1. The maximum Gasteiger partial charge on any atom is 0.142 e. The lowest BCUT2D eigenvalue weighted by atomic mass is 9.91. The molecule has 0 amide bonds. The number of aromatic nitrogens is 1. The molecule has 2 N–H and O–H groups in total. The number of hydrogen-bond donors (Lipinski definition) is 1. The number of fused-ring (bicyclic) bond motifs is 1. The van der Waals surface area contributed by atoms with Crippen molar-refractivity contribution in [1.29, 1.82) is 5.26 Å². The molecular weight excluding hydrogens is 402 g/mol. The Balaban J connectivity index is 1.68. The van der Waals surface area contributed by atoms with Crippen LogP contribution >= 0.6 is 0 Å². The lowest BCUT2D eigenvalue weighted by Crippen LogP contribution is -2.07. The van der Waals surface area contributed by atoms with Gasteiger partial charge in [-0.05, 0) is 67.1 Å². The summed E-state index contributed by atoms with van der Waals surface area (Å²) >= 11 is 0. The maximum absolute atomic E-state index is 9.83. The number of nitriles is 1. The third kappa shape index (κ3) is 4.33. The van der Waals surface area contributed by atoms with Crippen molar-refractivity contribution in [2.45, 2.75) is 38.7 Å². The molecule has 1 aliphatic carbocycles. The zero-order valence-electron chi connectivity index (χ0n) is 18.5. The monoisotopic (exact) mass is 429 g/mol. The van der Waals surface area contributed by atoms with Gasteiger partial charge in [0.05, 0.1) is 14.2 Å². The van der Waals surface area contributed by atoms with Gasteiger partial charge in [-0.25, -0.2) is 4.98 Å². The van der Waals surface area contributed by atoms with Crippen LogP contribution < -0.4 is 19.9 Å². The van der Waals surface area contributed by atoms with Crippen LogP contribution in [0, 0.1) is 11.3 Å². The van der Waals surface area contributed by atoms with E-state index in [1.54, 1.807) is 14.2 Å². The molecule has 1 aromatic heterocycles. The van der Waals surface area contributed by atoms with Crippen LogP contribution in [0.25, 0.3) is 11.1 Å². The van der Waals surface area contributed by atoms with E-state index in [-0.39, 0.29) is 0 Å². The van der Waals surface area contributed by atoms with E-state index in [0.29, 0.717) is 23.7 Å². The van der Waals surface area contributed by atoms with Crippen LogP contribution in [-0.4, -0.2) is 19.2 Å². The Hall–Kier alpha value is -3.72. The van der Waals surface area contributed by atoms with Gasteiger partial charge in [0.1, 0.15) is 41.3 Å². The molecule has 0 radical (unpaired) electrons. The molecule has 164 valence electrons. The Morgan fingerprint density at radius 3 is 2.44 bits per heavy atom. The summed E-state index contributed by atoms with van der Waals surface area (Å²) in [5, 5.41) is 9.83. The second kappa shape index (κ2) is 9.61. The molecule has 32 heavy (non-hydrogen) atoms. The summed E-state index contributed by atoms with van der Waals surface area (Å²) < 4.78 is 16.8. The highest BCUT2D eigenvalue weighted by atomic mass is 16.5. The van der Waals surface area contributed by atoms with Crippen molar-refractivity contribution < 1.29 is 14.2 Å². The van der Waals surface area contributed by atoms with Crippen molar-refractivity contribution in [2.24, 2.45) is 0 Å². The Bertz CT molecular complexity index is 1150. The largest absolute Gasteiger partial charge is 0.497 e. The molecule has 0 fully saturated rings. The molecule has 0 atom stereocenters. The van der Waals surface area contributed by atoms with Crippen LogP contribution in [-0.2, 0) is 19.4 Å². The van der Waals surface area contributed by atoms with Gasteiger partial charge in [-0.1, -0.05) is 18.6 Å². The highest BCUT2D eigenvalue weighted by Crippen LogP contribution is 2.37. The topological polar surface area (TPSA) is 90.4 Å². The number of nitrogen functional groups attached to an aromatic ring is 1. The van der Waals surface area contributed by atoms with Gasteiger partial charge < -0.3 is 19.9 Å². The predicted molar refractivity (Wildman–Crippen MR) is 124 cm³/mol. The zero-order valence-corrected chi connectivity index (χ0v) is 18.5. The van der Waals surface area contributed by atoms with E-state index in [0.717, 1.165) is 71.6 Å². The van der Waals surface area contributed by atoms with Crippen LogP contribution in [0.2, 0.25) is 0 Å². The average molecular weight is 430 g/mol. The van der Waals surface area contributed by atoms with E-state index in [4.69, 9.17) is 19.9 Å². The predicted octanol–water partition coefficient (Wildman–Crippen LogP) is 5.07. The smallest absolute Gasteiger partial charge is 0.142 e. The van der Waals surface area contributed by atoms with Crippen molar-refractivity contribution in [3.8, 4) is 34.4 Å². The van der Waals surface area contributed by atoms with Gasteiger partial charge in [0.15, 0.2) is 0 Å². The van der Waals surface area contributed by atoms with Gasteiger partial charge >= 0.3 is 0 Å². The number of pyridine rings is 1. The lowest BCUT2D eigenvalue weighted by molar-refractivity contribution is 0.296. The molecule has 6 nitrogen and oxygen atoms in total. The maximum atomic E-state index is 9.83. The van der Waals surface area contributed by atoms with Gasteiger partial charge in [0.2, 0.25) is 0 Å². The number of nitrogens with zero attached hydrogens (tertiary/aromatic N) is 2. The van der Waals surface area contributed by atoms with Crippen LogP contribution in [0.3, 0.4) is 0 Å². The standard InChI is InChI=1S/C26H27N3O3/c1-30-19-10-12-20(13-11-19)32-16-18-9-8-17(14-24(18)31-2)25-21-6-4-3-5-7-23(21)29-26(28)22(25)15-27/h8-14H,3-7,16H2,1-2H3,(H2,28,29). The van der Waals surface area contributed by atoms with Gasteiger partial charge in [-0.15, -0.1) is 0 Å². The fraction of sp³-hybridized carbons (Fsp3) is 0.308. The van der Waals surface area contributed by atoms with Gasteiger partial charge in [0, 0.05) is 16.8 Å². The number of benzene rings is 2. The minimum atomic E-state index is 0.300. The number of anilines is 1. The first-order chi connectivity index (χ1) is 15.6. The fourth-order valence-electron chi connectivity index (χ4n) is 4.22. The van der Waals surface area contributed by atoms with Crippen molar-refractivity contribution in [3.05, 3.63) is 64.8 Å². The summed E-state index contributed by atoms with van der Waals surface area (Å²) in [6.07, 6.45) is 5.13. The number of hydrogen-bond acceptors (Lipinski definition) is 6. The quantitative estimate of drug-likeness (QED) is 0.550. The van der Waals surface area contributed by atoms with Gasteiger partial charge in [-0.3, -0.25) is 0 Å². The number of aryl methyl sites for hydroxylation is 1. The van der Waals surface area contributed by atoms with Gasteiger partial charge in [0.25, 0.3) is 0 Å². The molecule has 1 heterocycles. The Labute approximate surface area is 188 Å². The minimum absolute atomic E-state index is 0.300. The van der Waals surface area contributed by atoms with E-state index in [1.807, 2.05) is 42.5 Å². The number of ether oxygens (including phenoxy) is 3. The van der Waals surface area contributed by atoms with E-state index in [1.165, 1.54) is 0 Å². The number of rotatable bonds is 6. The Morgan fingerprint density at radius 1 is 0.969 bits per heavy atom. The minimum Gasteiger partial charge on any atom is -0.497 e. The molecule has 2 aromatic carbocycles. The van der Waals surface area contributed by atoms with Crippen molar-refractivity contribution >= 4 is 5.82 Å². The van der Waals surface area contributed by atoms with Crippen LogP contribution in [0.15, 0.2) is 42.5 Å². The SMILES string of the molecule is COc1ccc(OCc2ccc(-c3c(C#N)c(N)nc4c3CCCCC4)cc2OC)cc1. The normalized spacial score (nSPS) is 12.9. The molecule has 0 unspecified atom stereocenters. The van der Waals surface area contributed by atoms with Gasteiger partial charge in [-0.2, -0.15) is 5.26 Å². The lowest BCUT2D eigenvalue weighted by Gasteiger charge is -2.18. The molecule has 0 aliphatic heterocycles. The van der Waals surface area contributed by atoms with Crippen LogP contribution in [0.1, 0.15) is 41.6 Å². The molecule has 1 aliphatic rings. The fourth-order valence-corrected chi connectivity index (χ4v) is 4.22. The van der Waals surface area contributed by atoms with E-state index in [9.17, 15) is 5.26 Å². The summed E-state index contributed by atoms with van der Waals surface area (Å²) in [6.45, 7) is 0.359. The van der Waals surface area contributed by atoms with Crippen LogP contribution in [0.4, 0.5) is 5.82 Å². The third-order valence-electron chi connectivity index (χ3n) is 5.89. The summed E-state index contributed by atoms with van der Waals surface area (Å²) in [6, 6.07) is 15.7. The molecule has 3 aromatic rings. The first-order valence-electron chi connectivity index (χ1n) is 10.8. The highest BCUT2D eigenvalue weighted by molar-refractivity contribution is 5.80. The Morgan fingerprint density at radius 2 is 1.72 bits per heavy atom. The molecule has 6 heteroatoms. The molecule has 0 bridgehead atoms. The molecular formula is C26H27N3O3. The first-order valence-corrected chi connectivity index (χ1v) is 10.8. The first kappa shape index (κ1) is 21.5. The van der Waals surface area contributed by atoms with Crippen LogP contribution in [0.5, 0.6) is 17.2 Å². The van der Waals surface area contributed by atoms with Crippen molar-refractivity contribution in [1.82, 2.24) is 4.98 Å². The highest BCUT2D eigenvalue weighted by Gasteiger charge is 2.22. The second-order valence-electron chi connectivity index (χ2n) is 7.84.